The number of nitrogens with one attached hydrogen (secondary N) is 2. The van der Waals surface area contributed by atoms with E-state index in [0.29, 0.717) is 10.7 Å². The van der Waals surface area contributed by atoms with Crippen molar-refractivity contribution in [2.45, 2.75) is 31.2 Å². The van der Waals surface area contributed by atoms with E-state index >= 15 is 0 Å². The lowest BCUT2D eigenvalue weighted by Crippen LogP contribution is -2.23. The van der Waals surface area contributed by atoms with Crippen LogP contribution >= 0.6 is 11.3 Å². The summed E-state index contributed by atoms with van der Waals surface area (Å²) in [6.45, 7) is 1.98. The molecule has 0 atom stereocenters. The molecule has 0 spiro atoms. The van der Waals surface area contributed by atoms with Crippen molar-refractivity contribution < 1.29 is 17.6 Å². The van der Waals surface area contributed by atoms with Crippen LogP contribution in [0.15, 0.2) is 53.4 Å². The third kappa shape index (κ3) is 5.66. The first kappa shape index (κ1) is 21.0. The molecule has 0 saturated carbocycles. The number of anilines is 1. The molecular weight excluding hydrogens is 415 g/mol. The van der Waals surface area contributed by atoms with Gasteiger partial charge in [0.15, 0.2) is 0 Å². The molecule has 0 aliphatic rings. The molecule has 10 heteroatoms. The molecule has 0 bridgehead atoms. The van der Waals surface area contributed by atoms with E-state index in [1.807, 2.05) is 0 Å². The van der Waals surface area contributed by atoms with Gasteiger partial charge in [0.25, 0.3) is 5.91 Å². The molecule has 29 heavy (non-hydrogen) atoms. The smallest absolute Gasteiger partial charge is 0.286 e. The first-order valence-electron chi connectivity index (χ1n) is 8.85. The summed E-state index contributed by atoms with van der Waals surface area (Å²) in [5.41, 5.74) is 1.49. The van der Waals surface area contributed by atoms with Crippen LogP contribution in [0.1, 0.15) is 33.7 Å². The fraction of sp³-hybridized carbons (Fsp3) is 0.211. The molecule has 1 amide bonds. The molecule has 0 saturated heterocycles. The Labute approximate surface area is 172 Å². The van der Waals surface area contributed by atoms with Crippen molar-refractivity contribution >= 4 is 33.0 Å². The number of carbonyl (C=O) groups is 1. The first-order chi connectivity index (χ1) is 13.9. The fourth-order valence-corrected chi connectivity index (χ4v) is 4.25. The maximum absolute atomic E-state index is 12.9. The molecule has 2 N–H and O–H groups in total. The number of aryl methyl sites for hydroxylation is 1. The van der Waals surface area contributed by atoms with E-state index in [0.717, 1.165) is 29.7 Å². The Balaban J connectivity index is 1.60. The molecule has 0 unspecified atom stereocenters. The summed E-state index contributed by atoms with van der Waals surface area (Å²) in [5, 5.41) is 10.6. The van der Waals surface area contributed by atoms with Gasteiger partial charge in [-0.25, -0.2) is 17.5 Å². The normalized spacial score (nSPS) is 11.4. The first-order valence-corrected chi connectivity index (χ1v) is 11.2. The van der Waals surface area contributed by atoms with Gasteiger partial charge in [-0.05, 0) is 48.4 Å². The molecule has 0 aliphatic carbocycles. The Kier molecular flexibility index (Phi) is 6.68. The van der Waals surface area contributed by atoms with E-state index in [2.05, 4.69) is 27.2 Å². The van der Waals surface area contributed by atoms with Crippen molar-refractivity contribution in [1.82, 2.24) is 14.9 Å². The molecule has 2 aromatic carbocycles. The molecule has 1 aromatic heterocycles. The van der Waals surface area contributed by atoms with Crippen molar-refractivity contribution in [3.63, 3.8) is 0 Å². The number of aromatic nitrogens is 2. The minimum Gasteiger partial charge on any atom is -0.320 e. The van der Waals surface area contributed by atoms with Crippen LogP contribution in [0, 0.1) is 5.82 Å². The number of benzene rings is 2. The highest BCUT2D eigenvalue weighted by Crippen LogP contribution is 2.16. The van der Waals surface area contributed by atoms with E-state index in [1.54, 1.807) is 24.3 Å². The number of nitrogens with zero attached hydrogens (tertiary/aromatic N) is 2. The zero-order chi connectivity index (χ0) is 20.9. The number of rotatable bonds is 8. The molecule has 3 aromatic rings. The maximum atomic E-state index is 12.9. The lowest BCUT2D eigenvalue weighted by Gasteiger charge is -2.06. The van der Waals surface area contributed by atoms with Gasteiger partial charge in [0.05, 0.1) is 11.4 Å². The molecule has 152 valence electrons. The van der Waals surface area contributed by atoms with Crippen LogP contribution in [0.25, 0.3) is 0 Å². The molecule has 1 heterocycles. The lowest BCUT2D eigenvalue weighted by molar-refractivity contribution is 0.102. The highest BCUT2D eigenvalue weighted by molar-refractivity contribution is 7.89. The number of carbonyl (C=O) groups excluding carboxylic acids is 1. The molecule has 0 radical (unpaired) electrons. The van der Waals surface area contributed by atoms with E-state index < -0.39 is 21.7 Å². The van der Waals surface area contributed by atoms with E-state index in [9.17, 15) is 17.6 Å². The summed E-state index contributed by atoms with van der Waals surface area (Å²) in [6.07, 6.45) is 1.87. The third-order valence-corrected chi connectivity index (χ3v) is 6.29. The van der Waals surface area contributed by atoms with Gasteiger partial charge in [0.2, 0.25) is 15.0 Å². The van der Waals surface area contributed by atoms with Gasteiger partial charge in [-0.3, -0.25) is 4.79 Å². The summed E-state index contributed by atoms with van der Waals surface area (Å²) < 4.78 is 40.2. The van der Waals surface area contributed by atoms with Gasteiger partial charge >= 0.3 is 0 Å². The summed E-state index contributed by atoms with van der Waals surface area (Å²) in [7, 11) is -3.70. The lowest BCUT2D eigenvalue weighted by atomic mass is 10.1. The zero-order valence-corrected chi connectivity index (χ0v) is 17.2. The Bertz CT molecular complexity index is 1080. The zero-order valence-electron chi connectivity index (χ0n) is 15.6. The largest absolute Gasteiger partial charge is 0.320 e. The van der Waals surface area contributed by atoms with Crippen LogP contribution in [0.3, 0.4) is 0 Å². The summed E-state index contributed by atoms with van der Waals surface area (Å²) in [5.74, 6) is -0.914. The Morgan fingerprint density at radius 1 is 1.07 bits per heavy atom. The van der Waals surface area contributed by atoms with Crippen LogP contribution in [-0.2, 0) is 23.0 Å². The third-order valence-electron chi connectivity index (χ3n) is 3.95. The van der Waals surface area contributed by atoms with E-state index in [-0.39, 0.29) is 16.4 Å². The Morgan fingerprint density at radius 3 is 2.41 bits per heavy atom. The van der Waals surface area contributed by atoms with Crippen LogP contribution in [0.4, 0.5) is 10.1 Å². The van der Waals surface area contributed by atoms with Crippen molar-refractivity contribution in [2.24, 2.45) is 0 Å². The number of hydrogen-bond acceptors (Lipinski definition) is 6. The van der Waals surface area contributed by atoms with Gasteiger partial charge in [-0.2, -0.15) is 0 Å². The number of hydrogen-bond donors (Lipinski definition) is 2. The average Bonchev–Trinajstić information content (AvgIpc) is 3.18. The quantitative estimate of drug-likeness (QED) is 0.566. The summed E-state index contributed by atoms with van der Waals surface area (Å²) in [6, 6.07) is 12.0. The Morgan fingerprint density at radius 2 is 1.76 bits per heavy atom. The van der Waals surface area contributed by atoms with Crippen LogP contribution in [-0.4, -0.2) is 24.5 Å². The standard InChI is InChI=1S/C19H19FN4O3S2/c1-2-3-13-4-10-16(11-5-13)29(26,27)21-12-17-23-24-19(28-17)18(25)22-15-8-6-14(20)7-9-15/h4-11,21H,2-3,12H2,1H3,(H,22,25). The predicted molar refractivity (Wildman–Crippen MR) is 109 cm³/mol. The van der Waals surface area contributed by atoms with Gasteiger partial charge in [-0.1, -0.05) is 36.8 Å². The fourth-order valence-electron chi connectivity index (χ4n) is 2.50. The van der Waals surface area contributed by atoms with Crippen LogP contribution in [0.5, 0.6) is 0 Å². The highest BCUT2D eigenvalue weighted by atomic mass is 32.2. The SMILES string of the molecule is CCCc1ccc(S(=O)(=O)NCc2nnc(C(=O)Nc3ccc(F)cc3)s2)cc1. The molecule has 0 fully saturated rings. The number of halogens is 1. The minimum atomic E-state index is -3.70. The summed E-state index contributed by atoms with van der Waals surface area (Å²) >= 11 is 0.973. The maximum Gasteiger partial charge on any atom is 0.286 e. The van der Waals surface area contributed by atoms with Crippen molar-refractivity contribution in [3.8, 4) is 0 Å². The molecule has 3 rings (SSSR count). The monoisotopic (exact) mass is 434 g/mol. The molecular formula is C19H19FN4O3S2. The second-order valence-corrected chi connectivity index (χ2v) is 9.01. The topological polar surface area (TPSA) is 101 Å². The van der Waals surface area contributed by atoms with Crippen LogP contribution < -0.4 is 10.0 Å². The van der Waals surface area contributed by atoms with Gasteiger partial charge < -0.3 is 5.32 Å². The predicted octanol–water partition coefficient (Wildman–Crippen LogP) is 3.36. The van der Waals surface area contributed by atoms with Crippen molar-refractivity contribution in [3.05, 3.63) is 69.9 Å². The average molecular weight is 435 g/mol. The molecule has 7 nitrogen and oxygen atoms in total. The number of sulfonamides is 1. The van der Waals surface area contributed by atoms with E-state index in [1.165, 1.54) is 24.3 Å². The Hall–Kier alpha value is -2.69. The van der Waals surface area contributed by atoms with Gasteiger partial charge in [0.1, 0.15) is 10.8 Å². The van der Waals surface area contributed by atoms with Crippen LogP contribution in [0.2, 0.25) is 0 Å². The van der Waals surface area contributed by atoms with E-state index in [4.69, 9.17) is 0 Å². The molecule has 0 aliphatic heterocycles. The second-order valence-electron chi connectivity index (χ2n) is 6.18. The minimum absolute atomic E-state index is 0.0763. The van der Waals surface area contributed by atoms with Crippen molar-refractivity contribution in [1.29, 1.82) is 0 Å². The van der Waals surface area contributed by atoms with Crippen molar-refractivity contribution in [2.75, 3.05) is 5.32 Å². The van der Waals surface area contributed by atoms with Gasteiger partial charge in [-0.15, -0.1) is 10.2 Å². The van der Waals surface area contributed by atoms with Gasteiger partial charge in [0, 0.05) is 5.69 Å². The summed E-state index contributed by atoms with van der Waals surface area (Å²) in [4.78, 5) is 12.3. The second kappa shape index (κ2) is 9.21. The highest BCUT2D eigenvalue weighted by Gasteiger charge is 2.17. The number of amides is 1.